The van der Waals surface area contributed by atoms with Crippen LogP contribution >= 0.6 is 11.8 Å². The molecule has 0 radical (unpaired) electrons. The summed E-state index contributed by atoms with van der Waals surface area (Å²) in [4.78, 5) is 12.3. The van der Waals surface area contributed by atoms with E-state index in [-0.39, 0.29) is 5.78 Å². The van der Waals surface area contributed by atoms with Crippen LogP contribution in [0.3, 0.4) is 0 Å². The van der Waals surface area contributed by atoms with Gasteiger partial charge in [0.1, 0.15) is 0 Å². The average Bonchev–Trinajstić information content (AvgIpc) is 2.19. The highest BCUT2D eigenvalue weighted by Gasteiger charge is 1.99. The maximum atomic E-state index is 11.1. The van der Waals surface area contributed by atoms with E-state index >= 15 is 0 Å². The fourth-order valence-electron chi connectivity index (χ4n) is 1.06. The number of allylic oxidation sites excluding steroid dienone is 1. The molecule has 0 saturated heterocycles. The Morgan fingerprint density at radius 3 is 3.00 bits per heavy atom. The highest BCUT2D eigenvalue weighted by molar-refractivity contribution is 7.99. The first-order chi connectivity index (χ1) is 6.74. The summed E-state index contributed by atoms with van der Waals surface area (Å²) in [5, 5.41) is 0. The zero-order valence-electron chi connectivity index (χ0n) is 8.32. The number of hydrogen-bond donors (Lipinski definition) is 0. The minimum atomic E-state index is 0.121. The molecule has 0 unspecified atom stereocenters. The zero-order chi connectivity index (χ0) is 10.4. The van der Waals surface area contributed by atoms with E-state index in [9.17, 15) is 4.79 Å². The van der Waals surface area contributed by atoms with Gasteiger partial charge in [-0.1, -0.05) is 18.2 Å². The Balaban J connectivity index is 2.63. The topological polar surface area (TPSA) is 17.1 Å². The van der Waals surface area contributed by atoms with Crippen molar-refractivity contribution < 1.29 is 4.79 Å². The van der Waals surface area contributed by atoms with Crippen LogP contribution in [0.2, 0.25) is 0 Å². The van der Waals surface area contributed by atoms with E-state index in [2.05, 4.69) is 6.58 Å². The van der Waals surface area contributed by atoms with Crippen LogP contribution in [0.4, 0.5) is 0 Å². The van der Waals surface area contributed by atoms with Gasteiger partial charge < -0.3 is 0 Å². The lowest BCUT2D eigenvalue weighted by Gasteiger charge is -2.01. The molecular weight excluding hydrogens is 192 g/mol. The molecule has 0 aliphatic rings. The summed E-state index contributed by atoms with van der Waals surface area (Å²) >= 11 is 1.75. The first kappa shape index (κ1) is 11.1. The van der Waals surface area contributed by atoms with Gasteiger partial charge in [0.25, 0.3) is 0 Å². The Kier molecular flexibility index (Phi) is 4.47. The minimum Gasteiger partial charge on any atom is -0.295 e. The van der Waals surface area contributed by atoms with Crippen molar-refractivity contribution in [1.82, 2.24) is 0 Å². The molecule has 0 saturated carbocycles. The van der Waals surface area contributed by atoms with Crippen LogP contribution in [0.15, 0.2) is 41.8 Å². The van der Waals surface area contributed by atoms with Gasteiger partial charge in [0.15, 0.2) is 5.78 Å². The molecule has 0 fully saturated rings. The minimum absolute atomic E-state index is 0.121. The Morgan fingerprint density at radius 2 is 2.36 bits per heavy atom. The van der Waals surface area contributed by atoms with Gasteiger partial charge in [0.05, 0.1) is 0 Å². The smallest absolute Gasteiger partial charge is 0.159 e. The summed E-state index contributed by atoms with van der Waals surface area (Å²) in [5.41, 5.74) is 0.786. The molecule has 0 amide bonds. The van der Waals surface area contributed by atoms with Crippen molar-refractivity contribution >= 4 is 17.5 Å². The molecule has 2 heteroatoms. The van der Waals surface area contributed by atoms with E-state index in [1.165, 1.54) is 0 Å². The molecule has 0 spiro atoms. The van der Waals surface area contributed by atoms with Gasteiger partial charge in [-0.25, -0.2) is 0 Å². The number of carbonyl (C=O) groups is 1. The van der Waals surface area contributed by atoms with Gasteiger partial charge in [-0.05, 0) is 25.5 Å². The Bertz CT molecular complexity index is 331. The first-order valence-corrected chi connectivity index (χ1v) is 5.57. The first-order valence-electron chi connectivity index (χ1n) is 4.58. The molecule has 0 aliphatic heterocycles. The number of rotatable bonds is 5. The molecule has 0 atom stereocenters. The van der Waals surface area contributed by atoms with Crippen molar-refractivity contribution in [3.05, 3.63) is 42.5 Å². The molecule has 0 heterocycles. The number of Topliss-reactive ketones (excluding diaryl/α,β-unsaturated/α-hetero) is 1. The molecule has 0 N–H and O–H groups in total. The van der Waals surface area contributed by atoms with Crippen LogP contribution in [-0.4, -0.2) is 11.5 Å². The van der Waals surface area contributed by atoms with Crippen molar-refractivity contribution in [2.75, 3.05) is 5.75 Å². The van der Waals surface area contributed by atoms with Gasteiger partial charge in [0.2, 0.25) is 0 Å². The van der Waals surface area contributed by atoms with Crippen molar-refractivity contribution in [1.29, 1.82) is 0 Å². The number of benzene rings is 1. The third kappa shape index (κ3) is 3.38. The lowest BCUT2D eigenvalue weighted by atomic mass is 10.2. The molecule has 1 aromatic carbocycles. The summed E-state index contributed by atoms with van der Waals surface area (Å²) in [7, 11) is 0. The molecule has 1 nitrogen and oxygen atoms in total. The predicted molar refractivity (Wildman–Crippen MR) is 62.0 cm³/mol. The summed E-state index contributed by atoms with van der Waals surface area (Å²) in [6, 6.07) is 7.74. The summed E-state index contributed by atoms with van der Waals surface area (Å²) < 4.78 is 0. The fourth-order valence-corrected chi connectivity index (χ4v) is 1.97. The zero-order valence-corrected chi connectivity index (χ0v) is 9.14. The van der Waals surface area contributed by atoms with Gasteiger partial charge in [0, 0.05) is 16.2 Å². The van der Waals surface area contributed by atoms with E-state index in [1.807, 2.05) is 30.3 Å². The Morgan fingerprint density at radius 1 is 1.57 bits per heavy atom. The quantitative estimate of drug-likeness (QED) is 0.317. The third-order valence-electron chi connectivity index (χ3n) is 1.83. The van der Waals surface area contributed by atoms with Gasteiger partial charge >= 0.3 is 0 Å². The van der Waals surface area contributed by atoms with Crippen LogP contribution in [0.25, 0.3) is 0 Å². The second-order valence-corrected chi connectivity index (χ2v) is 4.18. The average molecular weight is 206 g/mol. The van der Waals surface area contributed by atoms with E-state index in [1.54, 1.807) is 18.7 Å². The largest absolute Gasteiger partial charge is 0.295 e. The van der Waals surface area contributed by atoms with E-state index in [4.69, 9.17) is 0 Å². The van der Waals surface area contributed by atoms with Crippen molar-refractivity contribution in [2.24, 2.45) is 0 Å². The number of carbonyl (C=O) groups excluding carboxylic acids is 1. The SMILES string of the molecule is C=CCCSc1cccc(C(C)=O)c1. The highest BCUT2D eigenvalue weighted by atomic mass is 32.2. The molecule has 1 aromatic rings. The summed E-state index contributed by atoms with van der Waals surface area (Å²) in [6.07, 6.45) is 2.90. The second-order valence-electron chi connectivity index (χ2n) is 3.01. The van der Waals surface area contributed by atoms with Crippen LogP contribution in [0.1, 0.15) is 23.7 Å². The maximum absolute atomic E-state index is 11.1. The van der Waals surface area contributed by atoms with E-state index in [0.29, 0.717) is 0 Å². The number of thioether (sulfide) groups is 1. The molecular formula is C12H14OS. The highest BCUT2D eigenvalue weighted by Crippen LogP contribution is 2.20. The fraction of sp³-hybridized carbons (Fsp3) is 0.250. The normalized spacial score (nSPS) is 9.79. The Labute approximate surface area is 89.2 Å². The molecule has 1 rings (SSSR count). The van der Waals surface area contributed by atoms with Crippen LogP contribution in [0.5, 0.6) is 0 Å². The van der Waals surface area contributed by atoms with Crippen molar-refractivity contribution in [3.63, 3.8) is 0 Å². The maximum Gasteiger partial charge on any atom is 0.159 e. The van der Waals surface area contributed by atoms with Crippen LogP contribution in [0, 0.1) is 0 Å². The third-order valence-corrected chi connectivity index (χ3v) is 2.86. The van der Waals surface area contributed by atoms with E-state index in [0.717, 1.165) is 22.6 Å². The standard InChI is InChI=1S/C12H14OS/c1-3-4-8-14-12-7-5-6-11(9-12)10(2)13/h3,5-7,9H,1,4,8H2,2H3. The number of hydrogen-bond acceptors (Lipinski definition) is 2. The Hall–Kier alpha value is -1.02. The molecule has 0 bridgehead atoms. The predicted octanol–water partition coefficient (Wildman–Crippen LogP) is 3.56. The monoisotopic (exact) mass is 206 g/mol. The number of ketones is 1. The molecule has 74 valence electrons. The molecule has 0 aliphatic carbocycles. The summed E-state index contributed by atoms with van der Waals surface area (Å²) in [5.74, 6) is 1.14. The van der Waals surface area contributed by atoms with Gasteiger partial charge in [-0.15, -0.1) is 18.3 Å². The van der Waals surface area contributed by atoms with Gasteiger partial charge in [-0.3, -0.25) is 4.79 Å². The van der Waals surface area contributed by atoms with Crippen molar-refractivity contribution in [2.45, 2.75) is 18.2 Å². The van der Waals surface area contributed by atoms with Crippen molar-refractivity contribution in [3.8, 4) is 0 Å². The summed E-state index contributed by atoms with van der Waals surface area (Å²) in [6.45, 7) is 5.26. The second kappa shape index (κ2) is 5.66. The van der Waals surface area contributed by atoms with Crippen LogP contribution < -0.4 is 0 Å². The molecule has 14 heavy (non-hydrogen) atoms. The lowest BCUT2D eigenvalue weighted by molar-refractivity contribution is 0.101. The lowest BCUT2D eigenvalue weighted by Crippen LogP contribution is -1.91. The van der Waals surface area contributed by atoms with Crippen LogP contribution in [-0.2, 0) is 0 Å². The van der Waals surface area contributed by atoms with E-state index < -0.39 is 0 Å². The van der Waals surface area contributed by atoms with Gasteiger partial charge in [-0.2, -0.15) is 0 Å². The molecule has 0 aromatic heterocycles.